The van der Waals surface area contributed by atoms with E-state index in [0.29, 0.717) is 6.04 Å². The van der Waals surface area contributed by atoms with E-state index in [1.54, 1.807) is 6.33 Å². The van der Waals surface area contributed by atoms with Crippen molar-refractivity contribution in [3.63, 3.8) is 0 Å². The van der Waals surface area contributed by atoms with Crippen LogP contribution >= 0.6 is 0 Å². The Bertz CT molecular complexity index is 208. The van der Waals surface area contributed by atoms with Gasteiger partial charge in [0.1, 0.15) is 6.33 Å². The lowest BCUT2D eigenvalue weighted by atomic mass is 10.2. The smallest absolute Gasteiger partial charge is 0.115 e. The average Bonchev–Trinajstić information content (AvgIpc) is 2.05. The molecule has 0 aliphatic heterocycles. The van der Waals surface area contributed by atoms with Gasteiger partial charge in [0, 0.05) is 18.4 Å². The van der Waals surface area contributed by atoms with Crippen LogP contribution in [0.4, 0.5) is 0 Å². The van der Waals surface area contributed by atoms with E-state index < -0.39 is 0 Å². The Balaban J connectivity index is 2.25. The van der Waals surface area contributed by atoms with Crippen molar-refractivity contribution in [1.29, 1.82) is 0 Å². The molecule has 3 heteroatoms. The maximum Gasteiger partial charge on any atom is 0.115 e. The second kappa shape index (κ2) is 4.83. The van der Waals surface area contributed by atoms with Crippen molar-refractivity contribution in [2.45, 2.75) is 26.3 Å². The summed E-state index contributed by atoms with van der Waals surface area (Å²) in [7, 11) is 0. The van der Waals surface area contributed by atoms with Crippen molar-refractivity contribution in [3.8, 4) is 0 Å². The fraction of sp³-hybridized carbons (Fsp3) is 0.556. The van der Waals surface area contributed by atoms with Gasteiger partial charge >= 0.3 is 0 Å². The Hall–Kier alpha value is -0.960. The Labute approximate surface area is 73.2 Å². The molecule has 0 aromatic carbocycles. The molecule has 12 heavy (non-hydrogen) atoms. The molecule has 0 saturated heterocycles. The van der Waals surface area contributed by atoms with Crippen LogP contribution in [0.5, 0.6) is 0 Å². The lowest BCUT2D eigenvalue weighted by Crippen LogP contribution is -2.24. The molecule has 1 aromatic heterocycles. The van der Waals surface area contributed by atoms with Crippen molar-refractivity contribution in [3.05, 3.63) is 24.3 Å². The number of nitrogens with zero attached hydrogens (tertiary/aromatic N) is 2. The second-order valence-electron chi connectivity index (χ2n) is 3.11. The monoisotopic (exact) mass is 165 g/mol. The van der Waals surface area contributed by atoms with E-state index in [1.165, 1.54) is 5.56 Å². The molecule has 0 radical (unpaired) electrons. The topological polar surface area (TPSA) is 37.8 Å². The predicted molar refractivity (Wildman–Crippen MR) is 48.9 cm³/mol. The first-order valence-corrected chi connectivity index (χ1v) is 4.26. The summed E-state index contributed by atoms with van der Waals surface area (Å²) in [5.74, 6) is 0. The van der Waals surface area contributed by atoms with Crippen LogP contribution in [0, 0.1) is 0 Å². The van der Waals surface area contributed by atoms with E-state index in [-0.39, 0.29) is 0 Å². The Morgan fingerprint density at radius 2 is 2.00 bits per heavy atom. The van der Waals surface area contributed by atoms with Gasteiger partial charge in [0.2, 0.25) is 0 Å². The molecule has 1 N–H and O–H groups in total. The molecule has 0 saturated carbocycles. The molecule has 1 aromatic rings. The van der Waals surface area contributed by atoms with Gasteiger partial charge in [-0.1, -0.05) is 13.8 Å². The van der Waals surface area contributed by atoms with Crippen LogP contribution in [0.2, 0.25) is 0 Å². The van der Waals surface area contributed by atoms with Crippen LogP contribution in [-0.2, 0) is 6.42 Å². The van der Waals surface area contributed by atoms with Crippen LogP contribution in [0.3, 0.4) is 0 Å². The quantitative estimate of drug-likeness (QED) is 0.723. The largest absolute Gasteiger partial charge is 0.314 e. The first-order valence-electron chi connectivity index (χ1n) is 4.26. The number of aromatic nitrogens is 2. The molecule has 0 amide bonds. The summed E-state index contributed by atoms with van der Waals surface area (Å²) in [6.45, 7) is 5.27. The molecule has 66 valence electrons. The first kappa shape index (κ1) is 9.13. The highest BCUT2D eigenvalue weighted by Gasteiger charge is 1.93. The van der Waals surface area contributed by atoms with E-state index in [2.05, 4.69) is 29.1 Å². The summed E-state index contributed by atoms with van der Waals surface area (Å²) < 4.78 is 0. The molecule has 0 aliphatic rings. The Morgan fingerprint density at radius 3 is 2.58 bits per heavy atom. The van der Waals surface area contributed by atoms with Crippen LogP contribution in [0.15, 0.2) is 18.7 Å². The summed E-state index contributed by atoms with van der Waals surface area (Å²) in [5.41, 5.74) is 1.19. The summed E-state index contributed by atoms with van der Waals surface area (Å²) in [4.78, 5) is 7.89. The standard InChI is InChI=1S/C9H15N3/c1-8(2)12-4-3-9-5-10-7-11-6-9/h5-8,12H,3-4H2,1-2H3. The molecule has 0 bridgehead atoms. The molecule has 3 nitrogen and oxygen atoms in total. The Kier molecular flexibility index (Phi) is 3.67. The van der Waals surface area contributed by atoms with Crippen molar-refractivity contribution >= 4 is 0 Å². The van der Waals surface area contributed by atoms with Gasteiger partial charge in [-0.05, 0) is 18.5 Å². The highest BCUT2D eigenvalue weighted by Crippen LogP contribution is 1.92. The molecule has 1 heterocycles. The first-order chi connectivity index (χ1) is 5.79. The molecular weight excluding hydrogens is 150 g/mol. The highest BCUT2D eigenvalue weighted by molar-refractivity contribution is 5.02. The second-order valence-corrected chi connectivity index (χ2v) is 3.11. The van der Waals surface area contributed by atoms with Crippen LogP contribution in [-0.4, -0.2) is 22.6 Å². The summed E-state index contributed by atoms with van der Waals surface area (Å²) in [6.07, 6.45) is 6.27. The lowest BCUT2D eigenvalue weighted by Gasteiger charge is -2.06. The number of hydrogen-bond donors (Lipinski definition) is 1. The minimum atomic E-state index is 0.551. The molecule has 0 aliphatic carbocycles. The Morgan fingerprint density at radius 1 is 1.33 bits per heavy atom. The normalized spacial score (nSPS) is 10.6. The third kappa shape index (κ3) is 3.44. The van der Waals surface area contributed by atoms with Crippen LogP contribution in [0.1, 0.15) is 19.4 Å². The van der Waals surface area contributed by atoms with Crippen molar-refractivity contribution in [1.82, 2.24) is 15.3 Å². The van der Waals surface area contributed by atoms with Gasteiger partial charge in [0.15, 0.2) is 0 Å². The third-order valence-corrected chi connectivity index (χ3v) is 1.58. The zero-order valence-corrected chi connectivity index (χ0v) is 7.62. The molecule has 0 fully saturated rings. The minimum absolute atomic E-state index is 0.551. The fourth-order valence-electron chi connectivity index (χ4n) is 0.964. The maximum absolute atomic E-state index is 3.94. The van der Waals surface area contributed by atoms with Gasteiger partial charge in [-0.3, -0.25) is 0 Å². The molecule has 1 rings (SSSR count). The van der Waals surface area contributed by atoms with E-state index in [4.69, 9.17) is 0 Å². The van der Waals surface area contributed by atoms with Crippen LogP contribution < -0.4 is 5.32 Å². The zero-order valence-electron chi connectivity index (χ0n) is 7.62. The van der Waals surface area contributed by atoms with Crippen molar-refractivity contribution in [2.24, 2.45) is 0 Å². The molecule has 0 spiro atoms. The number of nitrogens with one attached hydrogen (secondary N) is 1. The van der Waals surface area contributed by atoms with Gasteiger partial charge in [-0.25, -0.2) is 9.97 Å². The van der Waals surface area contributed by atoms with Gasteiger partial charge in [0.25, 0.3) is 0 Å². The maximum atomic E-state index is 3.94. The number of rotatable bonds is 4. The minimum Gasteiger partial charge on any atom is -0.314 e. The highest BCUT2D eigenvalue weighted by atomic mass is 14.9. The zero-order chi connectivity index (χ0) is 8.81. The third-order valence-electron chi connectivity index (χ3n) is 1.58. The lowest BCUT2D eigenvalue weighted by molar-refractivity contribution is 0.589. The summed E-state index contributed by atoms with van der Waals surface area (Å²) in [6, 6.07) is 0.551. The SMILES string of the molecule is CC(C)NCCc1cncnc1. The van der Waals surface area contributed by atoms with Crippen molar-refractivity contribution < 1.29 is 0 Å². The van der Waals surface area contributed by atoms with Gasteiger partial charge in [0.05, 0.1) is 0 Å². The molecule has 0 unspecified atom stereocenters. The van der Waals surface area contributed by atoms with E-state index in [9.17, 15) is 0 Å². The average molecular weight is 165 g/mol. The van der Waals surface area contributed by atoms with E-state index in [0.717, 1.165) is 13.0 Å². The summed E-state index contributed by atoms with van der Waals surface area (Å²) in [5, 5.41) is 3.34. The number of hydrogen-bond acceptors (Lipinski definition) is 3. The molecular formula is C9H15N3. The van der Waals surface area contributed by atoms with Crippen LogP contribution in [0.25, 0.3) is 0 Å². The van der Waals surface area contributed by atoms with E-state index >= 15 is 0 Å². The fourth-order valence-corrected chi connectivity index (χ4v) is 0.964. The predicted octanol–water partition coefficient (Wildman–Crippen LogP) is 1.02. The van der Waals surface area contributed by atoms with Crippen molar-refractivity contribution in [2.75, 3.05) is 6.54 Å². The van der Waals surface area contributed by atoms with Gasteiger partial charge in [-0.15, -0.1) is 0 Å². The van der Waals surface area contributed by atoms with Gasteiger partial charge in [-0.2, -0.15) is 0 Å². The van der Waals surface area contributed by atoms with E-state index in [1.807, 2.05) is 12.4 Å². The molecule has 0 atom stereocenters. The summed E-state index contributed by atoms with van der Waals surface area (Å²) >= 11 is 0. The van der Waals surface area contributed by atoms with Gasteiger partial charge < -0.3 is 5.32 Å².